The van der Waals surface area contributed by atoms with Gasteiger partial charge in [-0.25, -0.2) is 0 Å². The molecule has 2 heterocycles. The molecule has 2 aromatic carbocycles. The molecule has 0 aliphatic carbocycles. The van der Waals surface area contributed by atoms with Crippen LogP contribution in [-0.4, -0.2) is 48.5 Å². The summed E-state index contributed by atoms with van der Waals surface area (Å²) in [6.07, 6.45) is 1.73. The van der Waals surface area contributed by atoms with E-state index in [2.05, 4.69) is 62.3 Å². The van der Waals surface area contributed by atoms with E-state index in [1.165, 1.54) is 16.8 Å². The van der Waals surface area contributed by atoms with Crippen LogP contribution in [0.25, 0.3) is 0 Å². The number of methoxy groups -OCH3 is 1. The van der Waals surface area contributed by atoms with Crippen molar-refractivity contribution >= 4 is 23.1 Å². The summed E-state index contributed by atoms with van der Waals surface area (Å²) < 4.78 is 5.26. The molecule has 1 aliphatic rings. The molecule has 0 unspecified atom stereocenters. The number of hydrogen-bond acceptors (Lipinski definition) is 7. The van der Waals surface area contributed by atoms with Crippen molar-refractivity contribution in [2.75, 3.05) is 48.4 Å². The maximum atomic E-state index is 5.26. The Labute approximate surface area is 171 Å². The second-order valence-electron chi connectivity index (χ2n) is 7.19. The van der Waals surface area contributed by atoms with Gasteiger partial charge in [0.2, 0.25) is 5.95 Å². The molecule has 7 heteroatoms. The Balaban J connectivity index is 1.43. The van der Waals surface area contributed by atoms with Crippen molar-refractivity contribution in [1.29, 1.82) is 0 Å². The minimum atomic E-state index is 0.479. The van der Waals surface area contributed by atoms with Gasteiger partial charge in [-0.2, -0.15) is 10.1 Å². The second kappa shape index (κ2) is 8.34. The number of aromatic nitrogens is 3. The Morgan fingerprint density at radius 1 is 0.966 bits per heavy atom. The highest BCUT2D eigenvalue weighted by atomic mass is 16.5. The predicted molar refractivity (Wildman–Crippen MR) is 116 cm³/mol. The van der Waals surface area contributed by atoms with Crippen LogP contribution in [0.3, 0.4) is 0 Å². The molecule has 1 fully saturated rings. The largest absolute Gasteiger partial charge is 0.497 e. The highest BCUT2D eigenvalue weighted by Crippen LogP contribution is 2.25. The molecule has 29 heavy (non-hydrogen) atoms. The molecule has 1 aliphatic heterocycles. The Kier molecular flexibility index (Phi) is 5.46. The summed E-state index contributed by atoms with van der Waals surface area (Å²) in [6.45, 7) is 8.05. The molecule has 7 nitrogen and oxygen atoms in total. The number of anilines is 4. The van der Waals surface area contributed by atoms with Gasteiger partial charge in [-0.1, -0.05) is 18.2 Å². The number of benzene rings is 2. The van der Waals surface area contributed by atoms with Crippen LogP contribution >= 0.6 is 0 Å². The van der Waals surface area contributed by atoms with Gasteiger partial charge in [0.1, 0.15) is 5.75 Å². The number of aryl methyl sites for hydroxylation is 1. The predicted octanol–water partition coefficient (Wildman–Crippen LogP) is 3.57. The fourth-order valence-electron chi connectivity index (χ4n) is 3.58. The van der Waals surface area contributed by atoms with Gasteiger partial charge in [0.05, 0.1) is 13.3 Å². The Hall–Kier alpha value is -3.35. The fourth-order valence-corrected chi connectivity index (χ4v) is 3.58. The molecular weight excluding hydrogens is 364 g/mol. The van der Waals surface area contributed by atoms with Gasteiger partial charge < -0.3 is 19.9 Å². The summed E-state index contributed by atoms with van der Waals surface area (Å²) in [7, 11) is 1.65. The minimum absolute atomic E-state index is 0.479. The van der Waals surface area contributed by atoms with Gasteiger partial charge >= 0.3 is 0 Å². The van der Waals surface area contributed by atoms with Gasteiger partial charge in [0, 0.05) is 43.6 Å². The quantitative estimate of drug-likeness (QED) is 0.714. The molecular formula is C22H26N6O. The normalized spacial score (nSPS) is 14.0. The summed E-state index contributed by atoms with van der Waals surface area (Å²) in [5.74, 6) is 2.10. The van der Waals surface area contributed by atoms with Crippen LogP contribution in [0.4, 0.5) is 23.1 Å². The van der Waals surface area contributed by atoms with Crippen LogP contribution in [0, 0.1) is 13.8 Å². The van der Waals surface area contributed by atoms with Crippen LogP contribution in [0.5, 0.6) is 5.75 Å². The number of nitrogens with one attached hydrogen (secondary N) is 1. The maximum absolute atomic E-state index is 5.26. The van der Waals surface area contributed by atoms with Crippen LogP contribution in [0.2, 0.25) is 0 Å². The summed E-state index contributed by atoms with van der Waals surface area (Å²) in [6, 6.07) is 14.2. The summed E-state index contributed by atoms with van der Waals surface area (Å²) >= 11 is 0. The van der Waals surface area contributed by atoms with Gasteiger partial charge in [-0.15, -0.1) is 5.10 Å². The van der Waals surface area contributed by atoms with E-state index in [4.69, 9.17) is 4.74 Å². The lowest BCUT2D eigenvalue weighted by atomic mass is 10.1. The molecule has 1 aromatic heterocycles. The molecule has 1 N–H and O–H groups in total. The highest BCUT2D eigenvalue weighted by molar-refractivity contribution is 5.58. The molecule has 0 bridgehead atoms. The lowest BCUT2D eigenvalue weighted by Crippen LogP contribution is -2.47. The van der Waals surface area contributed by atoms with Crippen molar-refractivity contribution in [3.63, 3.8) is 0 Å². The molecule has 4 rings (SSSR count). The lowest BCUT2D eigenvalue weighted by molar-refractivity contribution is 0.415. The third-order valence-electron chi connectivity index (χ3n) is 5.39. The first kappa shape index (κ1) is 19.0. The number of piperazine rings is 1. The van der Waals surface area contributed by atoms with Crippen LogP contribution in [0.1, 0.15) is 11.1 Å². The van der Waals surface area contributed by atoms with E-state index in [1.807, 2.05) is 24.3 Å². The Morgan fingerprint density at radius 2 is 1.72 bits per heavy atom. The van der Waals surface area contributed by atoms with E-state index >= 15 is 0 Å². The van der Waals surface area contributed by atoms with Crippen LogP contribution < -0.4 is 19.9 Å². The fraction of sp³-hybridized carbons (Fsp3) is 0.318. The molecule has 0 amide bonds. The Morgan fingerprint density at radius 3 is 2.52 bits per heavy atom. The van der Waals surface area contributed by atoms with E-state index in [0.717, 1.165) is 43.4 Å². The number of ether oxygens (including phenoxy) is 1. The number of rotatable bonds is 5. The van der Waals surface area contributed by atoms with Gasteiger partial charge in [0.25, 0.3) is 0 Å². The second-order valence-corrected chi connectivity index (χ2v) is 7.19. The first-order valence-corrected chi connectivity index (χ1v) is 9.81. The van der Waals surface area contributed by atoms with Gasteiger partial charge in [-0.05, 0) is 43.2 Å². The maximum Gasteiger partial charge on any atom is 0.249 e. The zero-order valence-corrected chi connectivity index (χ0v) is 17.1. The summed E-state index contributed by atoms with van der Waals surface area (Å²) in [5.41, 5.74) is 4.88. The average Bonchev–Trinajstić information content (AvgIpc) is 2.76. The smallest absolute Gasteiger partial charge is 0.249 e. The molecule has 0 radical (unpaired) electrons. The van der Waals surface area contributed by atoms with Crippen molar-refractivity contribution in [1.82, 2.24) is 15.2 Å². The summed E-state index contributed by atoms with van der Waals surface area (Å²) in [4.78, 5) is 9.36. The molecule has 0 saturated carbocycles. The van der Waals surface area contributed by atoms with E-state index in [-0.39, 0.29) is 0 Å². The third-order valence-corrected chi connectivity index (χ3v) is 5.39. The SMILES string of the molecule is COc1cccc(Nc2nncc(N3CCN(c4cccc(C)c4C)CC3)n2)c1. The molecule has 1 saturated heterocycles. The van der Waals surface area contributed by atoms with Gasteiger partial charge in [-0.3, -0.25) is 0 Å². The van der Waals surface area contributed by atoms with Gasteiger partial charge in [0.15, 0.2) is 5.82 Å². The van der Waals surface area contributed by atoms with Crippen LogP contribution in [0.15, 0.2) is 48.7 Å². The first-order chi connectivity index (χ1) is 14.1. The number of nitrogens with zero attached hydrogens (tertiary/aromatic N) is 5. The van der Waals surface area contributed by atoms with Crippen LogP contribution in [-0.2, 0) is 0 Å². The van der Waals surface area contributed by atoms with E-state index in [1.54, 1.807) is 13.3 Å². The van der Waals surface area contributed by atoms with Crippen molar-refractivity contribution in [3.05, 3.63) is 59.8 Å². The minimum Gasteiger partial charge on any atom is -0.497 e. The highest BCUT2D eigenvalue weighted by Gasteiger charge is 2.20. The lowest BCUT2D eigenvalue weighted by Gasteiger charge is -2.37. The number of hydrogen-bond donors (Lipinski definition) is 1. The molecule has 150 valence electrons. The first-order valence-electron chi connectivity index (χ1n) is 9.81. The summed E-state index contributed by atoms with van der Waals surface area (Å²) in [5, 5.41) is 11.5. The monoisotopic (exact) mass is 390 g/mol. The average molecular weight is 390 g/mol. The van der Waals surface area contributed by atoms with Crippen molar-refractivity contribution in [2.24, 2.45) is 0 Å². The zero-order chi connectivity index (χ0) is 20.2. The van der Waals surface area contributed by atoms with Crippen molar-refractivity contribution in [2.45, 2.75) is 13.8 Å². The molecule has 3 aromatic rings. The molecule has 0 spiro atoms. The third kappa shape index (κ3) is 4.23. The Bertz CT molecular complexity index is 985. The van der Waals surface area contributed by atoms with E-state index in [0.29, 0.717) is 5.95 Å². The topological polar surface area (TPSA) is 66.4 Å². The molecule has 0 atom stereocenters. The van der Waals surface area contributed by atoms with Crippen molar-refractivity contribution in [3.8, 4) is 5.75 Å². The van der Waals surface area contributed by atoms with Crippen molar-refractivity contribution < 1.29 is 4.74 Å². The zero-order valence-electron chi connectivity index (χ0n) is 17.1. The van der Waals surface area contributed by atoms with E-state index < -0.39 is 0 Å². The standard InChI is InChI=1S/C22H26N6O/c1-16-6-4-9-20(17(16)2)27-10-12-28(13-11-27)21-15-23-26-22(25-21)24-18-7-5-8-19(14-18)29-3/h4-9,14-15H,10-13H2,1-3H3,(H,24,25,26). The van der Waals surface area contributed by atoms with E-state index in [9.17, 15) is 0 Å².